The fourth-order valence-electron chi connectivity index (χ4n) is 1.58. The number of rotatable bonds is 5. The van der Waals surface area contributed by atoms with E-state index in [0.717, 1.165) is 11.6 Å². The number of hydrogen-bond acceptors (Lipinski definition) is 3. The predicted octanol–water partition coefficient (Wildman–Crippen LogP) is 3.15. The van der Waals surface area contributed by atoms with Gasteiger partial charge in [-0.3, -0.25) is 0 Å². The van der Waals surface area contributed by atoms with Crippen LogP contribution in [-0.2, 0) is 0 Å². The van der Waals surface area contributed by atoms with E-state index in [1.807, 2.05) is 0 Å². The standard InChI is InChI=1S/C11H20N2S/c1-5-8(3)11(12-6-2)10-7-14-9(4)13-10/h7-8,11-12H,5-6H2,1-4H3. The van der Waals surface area contributed by atoms with Gasteiger partial charge in [0.25, 0.3) is 0 Å². The molecule has 3 heteroatoms. The van der Waals surface area contributed by atoms with E-state index in [1.54, 1.807) is 11.3 Å². The third-order valence-corrected chi connectivity index (χ3v) is 3.38. The van der Waals surface area contributed by atoms with Gasteiger partial charge in [-0.25, -0.2) is 4.98 Å². The Bertz CT molecular complexity index is 270. The quantitative estimate of drug-likeness (QED) is 0.811. The smallest absolute Gasteiger partial charge is 0.0898 e. The van der Waals surface area contributed by atoms with Crippen LogP contribution in [0.1, 0.15) is 43.9 Å². The Morgan fingerprint density at radius 1 is 1.50 bits per heavy atom. The summed E-state index contributed by atoms with van der Waals surface area (Å²) in [6.07, 6.45) is 1.19. The molecule has 0 saturated heterocycles. The molecule has 1 aromatic rings. The van der Waals surface area contributed by atoms with Crippen molar-refractivity contribution in [2.24, 2.45) is 5.92 Å². The first-order valence-electron chi connectivity index (χ1n) is 5.34. The lowest BCUT2D eigenvalue weighted by Gasteiger charge is -2.21. The summed E-state index contributed by atoms with van der Waals surface area (Å²) in [5.41, 5.74) is 1.21. The van der Waals surface area contributed by atoms with Crippen LogP contribution < -0.4 is 5.32 Å². The van der Waals surface area contributed by atoms with Gasteiger partial charge >= 0.3 is 0 Å². The zero-order valence-electron chi connectivity index (χ0n) is 9.50. The lowest BCUT2D eigenvalue weighted by atomic mass is 9.97. The molecule has 1 heterocycles. The minimum atomic E-state index is 0.426. The average Bonchev–Trinajstić information content (AvgIpc) is 2.60. The molecular weight excluding hydrogens is 192 g/mol. The average molecular weight is 212 g/mol. The Balaban J connectivity index is 2.76. The molecule has 2 nitrogen and oxygen atoms in total. The normalized spacial score (nSPS) is 15.4. The largest absolute Gasteiger partial charge is 0.309 e. The first-order valence-corrected chi connectivity index (χ1v) is 6.22. The van der Waals surface area contributed by atoms with Crippen molar-refractivity contribution in [1.82, 2.24) is 10.3 Å². The molecule has 80 valence electrons. The molecule has 0 bridgehead atoms. The van der Waals surface area contributed by atoms with Crippen molar-refractivity contribution in [2.45, 2.75) is 40.2 Å². The van der Waals surface area contributed by atoms with Crippen LogP contribution in [-0.4, -0.2) is 11.5 Å². The molecule has 0 amide bonds. The number of hydrogen-bond donors (Lipinski definition) is 1. The third kappa shape index (κ3) is 2.79. The summed E-state index contributed by atoms with van der Waals surface area (Å²) < 4.78 is 0. The second-order valence-corrected chi connectivity index (χ2v) is 4.77. The highest BCUT2D eigenvalue weighted by molar-refractivity contribution is 7.09. The number of aryl methyl sites for hydroxylation is 1. The Morgan fingerprint density at radius 2 is 2.21 bits per heavy atom. The Hall–Kier alpha value is -0.410. The summed E-state index contributed by atoms with van der Waals surface area (Å²) in [5, 5.41) is 6.84. The third-order valence-electron chi connectivity index (χ3n) is 2.59. The van der Waals surface area contributed by atoms with Gasteiger partial charge in [0, 0.05) is 5.38 Å². The molecule has 0 radical (unpaired) electrons. The summed E-state index contributed by atoms with van der Waals surface area (Å²) in [4.78, 5) is 4.55. The van der Waals surface area contributed by atoms with Crippen molar-refractivity contribution in [2.75, 3.05) is 6.54 Å². The van der Waals surface area contributed by atoms with E-state index in [1.165, 1.54) is 12.1 Å². The van der Waals surface area contributed by atoms with Crippen LogP contribution in [0.25, 0.3) is 0 Å². The van der Waals surface area contributed by atoms with Crippen LogP contribution >= 0.6 is 11.3 Å². The second kappa shape index (κ2) is 5.47. The van der Waals surface area contributed by atoms with E-state index in [0.29, 0.717) is 12.0 Å². The maximum absolute atomic E-state index is 4.55. The summed E-state index contributed by atoms with van der Waals surface area (Å²) in [6.45, 7) is 9.73. The zero-order chi connectivity index (χ0) is 10.6. The van der Waals surface area contributed by atoms with E-state index >= 15 is 0 Å². The molecule has 2 unspecified atom stereocenters. The predicted molar refractivity (Wildman–Crippen MR) is 62.7 cm³/mol. The fraction of sp³-hybridized carbons (Fsp3) is 0.727. The molecule has 0 aliphatic rings. The highest BCUT2D eigenvalue weighted by atomic mass is 32.1. The van der Waals surface area contributed by atoms with Crippen LogP contribution in [0, 0.1) is 12.8 Å². The minimum absolute atomic E-state index is 0.426. The number of aromatic nitrogens is 1. The molecule has 0 saturated carbocycles. The molecule has 0 aliphatic carbocycles. The number of thiazole rings is 1. The number of nitrogens with one attached hydrogen (secondary N) is 1. The van der Waals surface area contributed by atoms with Gasteiger partial charge < -0.3 is 5.32 Å². The summed E-state index contributed by atoms with van der Waals surface area (Å²) in [7, 11) is 0. The summed E-state index contributed by atoms with van der Waals surface area (Å²) >= 11 is 1.74. The molecule has 1 N–H and O–H groups in total. The molecule has 2 atom stereocenters. The van der Waals surface area contributed by atoms with Gasteiger partial charge in [0.1, 0.15) is 0 Å². The Labute approximate surface area is 90.8 Å². The molecule has 0 fully saturated rings. The summed E-state index contributed by atoms with van der Waals surface area (Å²) in [6, 6.07) is 0.426. The molecule has 14 heavy (non-hydrogen) atoms. The van der Waals surface area contributed by atoms with E-state index in [9.17, 15) is 0 Å². The van der Waals surface area contributed by atoms with Crippen LogP contribution in [0.2, 0.25) is 0 Å². The van der Waals surface area contributed by atoms with Crippen LogP contribution in [0.15, 0.2) is 5.38 Å². The van der Waals surface area contributed by atoms with Crippen molar-refractivity contribution in [1.29, 1.82) is 0 Å². The van der Waals surface area contributed by atoms with Gasteiger partial charge in [0.2, 0.25) is 0 Å². The van der Waals surface area contributed by atoms with Crippen LogP contribution in [0.4, 0.5) is 0 Å². The van der Waals surface area contributed by atoms with Crippen LogP contribution in [0.3, 0.4) is 0 Å². The van der Waals surface area contributed by atoms with Crippen LogP contribution in [0.5, 0.6) is 0 Å². The lowest BCUT2D eigenvalue weighted by molar-refractivity contribution is 0.377. The van der Waals surface area contributed by atoms with Crippen molar-refractivity contribution < 1.29 is 0 Å². The highest BCUT2D eigenvalue weighted by Crippen LogP contribution is 2.25. The van der Waals surface area contributed by atoms with E-state index in [2.05, 4.69) is 43.4 Å². The molecule has 0 spiro atoms. The topological polar surface area (TPSA) is 24.9 Å². The molecular formula is C11H20N2S. The van der Waals surface area contributed by atoms with Crippen molar-refractivity contribution in [3.8, 4) is 0 Å². The highest BCUT2D eigenvalue weighted by Gasteiger charge is 2.18. The van der Waals surface area contributed by atoms with Gasteiger partial charge in [-0.1, -0.05) is 27.2 Å². The SMILES string of the molecule is CCNC(c1csc(C)n1)C(C)CC. The van der Waals surface area contributed by atoms with Crippen molar-refractivity contribution in [3.05, 3.63) is 16.1 Å². The Morgan fingerprint density at radius 3 is 2.64 bits per heavy atom. The first kappa shape index (κ1) is 11.7. The maximum atomic E-state index is 4.55. The van der Waals surface area contributed by atoms with E-state index < -0.39 is 0 Å². The zero-order valence-corrected chi connectivity index (χ0v) is 10.3. The van der Waals surface area contributed by atoms with E-state index in [4.69, 9.17) is 0 Å². The van der Waals surface area contributed by atoms with Gasteiger partial charge in [-0.05, 0) is 19.4 Å². The second-order valence-electron chi connectivity index (χ2n) is 3.71. The molecule has 0 aliphatic heterocycles. The van der Waals surface area contributed by atoms with Gasteiger partial charge in [0.05, 0.1) is 16.7 Å². The number of nitrogens with zero attached hydrogens (tertiary/aromatic N) is 1. The minimum Gasteiger partial charge on any atom is -0.309 e. The Kier molecular flexibility index (Phi) is 4.55. The van der Waals surface area contributed by atoms with Gasteiger partial charge in [-0.2, -0.15) is 0 Å². The van der Waals surface area contributed by atoms with Crippen molar-refractivity contribution in [3.63, 3.8) is 0 Å². The molecule has 0 aromatic carbocycles. The maximum Gasteiger partial charge on any atom is 0.0898 e. The monoisotopic (exact) mass is 212 g/mol. The summed E-state index contributed by atoms with van der Waals surface area (Å²) in [5.74, 6) is 0.649. The van der Waals surface area contributed by atoms with Crippen molar-refractivity contribution >= 4 is 11.3 Å². The fourth-order valence-corrected chi connectivity index (χ4v) is 2.22. The van der Waals surface area contributed by atoms with Gasteiger partial charge in [0.15, 0.2) is 0 Å². The van der Waals surface area contributed by atoms with Gasteiger partial charge in [-0.15, -0.1) is 11.3 Å². The molecule has 1 aromatic heterocycles. The van der Waals surface area contributed by atoms with E-state index in [-0.39, 0.29) is 0 Å². The molecule has 1 rings (SSSR count). The first-order chi connectivity index (χ1) is 6.69. The lowest BCUT2D eigenvalue weighted by Crippen LogP contribution is -2.26.